The first-order valence-corrected chi connectivity index (χ1v) is 14.2. The van der Waals surface area contributed by atoms with Crippen LogP contribution in [0.1, 0.15) is 25.0 Å². The van der Waals surface area contributed by atoms with Crippen LogP contribution in [-0.2, 0) is 10.6 Å². The van der Waals surface area contributed by atoms with Gasteiger partial charge in [0.05, 0.1) is 0 Å². The molecule has 118 valence electrons. The molecule has 0 aliphatic carbocycles. The molecule has 0 bridgehead atoms. The summed E-state index contributed by atoms with van der Waals surface area (Å²) in [5.41, 5.74) is 2.86. The van der Waals surface area contributed by atoms with Crippen molar-refractivity contribution in [3.63, 3.8) is 0 Å². The summed E-state index contributed by atoms with van der Waals surface area (Å²) in [7, 11) is 0. The normalized spacial score (nSPS) is 10.5. The van der Waals surface area contributed by atoms with E-state index in [2.05, 4.69) is 48.5 Å². The molecule has 2 nitrogen and oxygen atoms in total. The van der Waals surface area contributed by atoms with E-state index in [4.69, 9.17) is 9.47 Å². The standard InChI is InChI=1S/C18H22O2Se2/c1-3-19-17-9-5-15(6-10-17)13-21-22-14-16-7-11-18(12-8-16)20-4-2/h5-12H,3-4,13-14H2,1-2H3. The Hall–Kier alpha value is -0.921. The summed E-state index contributed by atoms with van der Waals surface area (Å²) in [5.74, 6) is 1.94. The maximum absolute atomic E-state index is 5.47. The molecule has 0 radical (unpaired) electrons. The molecule has 0 unspecified atom stereocenters. The zero-order valence-corrected chi connectivity index (χ0v) is 16.5. The van der Waals surface area contributed by atoms with Crippen LogP contribution < -0.4 is 9.47 Å². The third kappa shape index (κ3) is 6.06. The summed E-state index contributed by atoms with van der Waals surface area (Å²) in [6, 6.07) is 17.1. The van der Waals surface area contributed by atoms with Gasteiger partial charge in [-0.25, -0.2) is 0 Å². The average Bonchev–Trinajstić information content (AvgIpc) is 2.55. The van der Waals surface area contributed by atoms with Crippen molar-refractivity contribution in [2.24, 2.45) is 0 Å². The van der Waals surface area contributed by atoms with Gasteiger partial charge in [-0.2, -0.15) is 0 Å². The van der Waals surface area contributed by atoms with Crippen LogP contribution in [0.15, 0.2) is 48.5 Å². The first kappa shape index (κ1) is 17.4. The molecule has 0 amide bonds. The van der Waals surface area contributed by atoms with Gasteiger partial charge in [0.25, 0.3) is 0 Å². The Bertz CT molecular complexity index is 487. The van der Waals surface area contributed by atoms with Crippen molar-refractivity contribution in [3.05, 3.63) is 59.7 Å². The van der Waals surface area contributed by atoms with Gasteiger partial charge in [0, 0.05) is 0 Å². The first-order chi connectivity index (χ1) is 10.8. The van der Waals surface area contributed by atoms with Crippen LogP contribution in [0.2, 0.25) is 0 Å². The fraction of sp³-hybridized carbons (Fsp3) is 0.333. The van der Waals surface area contributed by atoms with E-state index in [0.29, 0.717) is 26.3 Å². The summed E-state index contributed by atoms with van der Waals surface area (Å²) >= 11 is 1.41. The number of benzene rings is 2. The Morgan fingerprint density at radius 3 is 1.32 bits per heavy atom. The van der Waals surface area contributed by atoms with Gasteiger partial charge in [-0.1, -0.05) is 0 Å². The van der Waals surface area contributed by atoms with E-state index >= 15 is 0 Å². The molecule has 2 rings (SSSR count). The number of hydrogen-bond acceptors (Lipinski definition) is 2. The first-order valence-electron chi connectivity index (χ1n) is 7.49. The molecule has 22 heavy (non-hydrogen) atoms. The van der Waals surface area contributed by atoms with Crippen LogP contribution in [0.5, 0.6) is 11.5 Å². The van der Waals surface area contributed by atoms with Crippen molar-refractivity contribution in [3.8, 4) is 11.5 Å². The van der Waals surface area contributed by atoms with Crippen LogP contribution in [-0.4, -0.2) is 39.5 Å². The van der Waals surface area contributed by atoms with E-state index in [0.717, 1.165) is 24.7 Å². The minimum absolute atomic E-state index is 0.707. The van der Waals surface area contributed by atoms with Gasteiger partial charge in [0.1, 0.15) is 0 Å². The molecule has 0 aliphatic heterocycles. The fourth-order valence-electron chi connectivity index (χ4n) is 1.92. The van der Waals surface area contributed by atoms with Crippen molar-refractivity contribution in [2.45, 2.75) is 24.5 Å². The fourth-order valence-corrected chi connectivity index (χ4v) is 8.43. The molecule has 0 N–H and O–H groups in total. The Kier molecular flexibility index (Phi) is 7.90. The van der Waals surface area contributed by atoms with Gasteiger partial charge in [0.2, 0.25) is 0 Å². The van der Waals surface area contributed by atoms with Crippen LogP contribution in [0.3, 0.4) is 0 Å². The topological polar surface area (TPSA) is 18.5 Å². The third-order valence-electron chi connectivity index (χ3n) is 3.00. The molecule has 0 heterocycles. The van der Waals surface area contributed by atoms with E-state index in [1.54, 1.807) is 0 Å². The SMILES string of the molecule is CCOc1ccc(C[Se][Se]Cc2ccc(OCC)cc2)cc1. The second-order valence-corrected chi connectivity index (χ2v) is 12.0. The molecule has 2 aromatic carbocycles. The predicted molar refractivity (Wildman–Crippen MR) is 94.1 cm³/mol. The van der Waals surface area contributed by atoms with Crippen LogP contribution in [0, 0.1) is 0 Å². The van der Waals surface area contributed by atoms with Gasteiger partial charge in [-0.05, 0) is 0 Å². The zero-order valence-electron chi connectivity index (χ0n) is 13.1. The molecular weight excluding hydrogens is 406 g/mol. The second kappa shape index (κ2) is 9.97. The number of ether oxygens (including phenoxy) is 2. The molecular formula is C18H22O2Se2. The zero-order chi connectivity index (χ0) is 15.6. The van der Waals surface area contributed by atoms with Crippen molar-refractivity contribution < 1.29 is 9.47 Å². The summed E-state index contributed by atoms with van der Waals surface area (Å²) in [4.78, 5) is 0. The van der Waals surface area contributed by atoms with E-state index in [1.807, 2.05) is 13.8 Å². The van der Waals surface area contributed by atoms with E-state index < -0.39 is 0 Å². The molecule has 0 aromatic heterocycles. The average molecular weight is 428 g/mol. The Balaban J connectivity index is 1.70. The van der Waals surface area contributed by atoms with Crippen LogP contribution >= 0.6 is 0 Å². The Morgan fingerprint density at radius 1 is 0.636 bits per heavy atom. The third-order valence-corrected chi connectivity index (χ3v) is 9.63. The molecule has 2 aromatic rings. The second-order valence-electron chi connectivity index (χ2n) is 4.68. The van der Waals surface area contributed by atoms with Crippen molar-refractivity contribution in [2.75, 3.05) is 13.2 Å². The number of rotatable bonds is 9. The van der Waals surface area contributed by atoms with E-state index in [-0.39, 0.29) is 0 Å². The quantitative estimate of drug-likeness (QED) is 0.450. The van der Waals surface area contributed by atoms with Gasteiger partial charge in [-0.15, -0.1) is 0 Å². The summed E-state index contributed by atoms with van der Waals surface area (Å²) in [6.45, 7) is 5.49. The van der Waals surface area contributed by atoms with E-state index in [9.17, 15) is 0 Å². The van der Waals surface area contributed by atoms with Gasteiger partial charge >= 0.3 is 145 Å². The van der Waals surface area contributed by atoms with Crippen LogP contribution in [0.4, 0.5) is 0 Å². The van der Waals surface area contributed by atoms with Crippen molar-refractivity contribution >= 4 is 26.3 Å². The Labute approximate surface area is 144 Å². The molecule has 0 spiro atoms. The monoisotopic (exact) mass is 430 g/mol. The van der Waals surface area contributed by atoms with Gasteiger partial charge in [0.15, 0.2) is 0 Å². The molecule has 4 heteroatoms. The molecule has 0 aliphatic rings. The summed E-state index contributed by atoms with van der Waals surface area (Å²) in [5, 5.41) is 2.44. The molecule has 0 atom stereocenters. The molecule has 0 saturated carbocycles. The van der Waals surface area contributed by atoms with Crippen LogP contribution in [0.25, 0.3) is 0 Å². The predicted octanol–water partition coefficient (Wildman–Crippen LogP) is 3.51. The molecule has 0 fully saturated rings. The maximum atomic E-state index is 5.47. The van der Waals surface area contributed by atoms with Crippen molar-refractivity contribution in [1.82, 2.24) is 0 Å². The number of hydrogen-bond donors (Lipinski definition) is 0. The minimum atomic E-state index is 0.707. The van der Waals surface area contributed by atoms with E-state index in [1.165, 1.54) is 21.8 Å². The van der Waals surface area contributed by atoms with Gasteiger partial charge < -0.3 is 0 Å². The summed E-state index contributed by atoms with van der Waals surface area (Å²) in [6.07, 6.45) is 0. The molecule has 0 saturated heterocycles. The Morgan fingerprint density at radius 2 is 1.00 bits per heavy atom. The van der Waals surface area contributed by atoms with Gasteiger partial charge in [-0.3, -0.25) is 0 Å². The summed E-state index contributed by atoms with van der Waals surface area (Å²) < 4.78 is 10.9. The van der Waals surface area contributed by atoms with Crippen molar-refractivity contribution in [1.29, 1.82) is 0 Å².